The minimum atomic E-state index is -0.701. The standard InChI is InChI=1S/C21H26N2O5S/c1-4-11-28-21(26)18-13(2)12-29-20-17(19(25)23(18)20)22-16(24)10-7-14-5-8-15(27-3)9-6-14/h5-6,8-9,12,17-18,20H,4,7,10-11H2,1-3H3,(H,22,24). The predicted octanol–water partition coefficient (Wildman–Crippen LogP) is 2.25. The maximum atomic E-state index is 12.7. The van der Waals surface area contributed by atoms with E-state index in [1.165, 1.54) is 16.7 Å². The van der Waals surface area contributed by atoms with Crippen LogP contribution in [0.3, 0.4) is 0 Å². The number of β-lactam (4-membered cyclic amide) rings is 1. The Labute approximate surface area is 174 Å². The van der Waals surface area contributed by atoms with Crippen LogP contribution >= 0.6 is 11.8 Å². The minimum absolute atomic E-state index is 0.184. The normalized spacial score (nSPS) is 22.9. The van der Waals surface area contributed by atoms with E-state index < -0.39 is 18.1 Å². The Balaban J connectivity index is 1.55. The highest BCUT2D eigenvalue weighted by molar-refractivity contribution is 8.02. The van der Waals surface area contributed by atoms with Gasteiger partial charge in [0, 0.05) is 6.42 Å². The fourth-order valence-electron chi connectivity index (χ4n) is 3.38. The largest absolute Gasteiger partial charge is 0.497 e. The number of aryl methyl sites for hydroxylation is 1. The molecule has 7 nitrogen and oxygen atoms in total. The first-order chi connectivity index (χ1) is 14.0. The van der Waals surface area contributed by atoms with Crippen LogP contribution in [-0.2, 0) is 25.5 Å². The molecule has 1 aromatic rings. The van der Waals surface area contributed by atoms with Gasteiger partial charge in [-0.05, 0) is 48.4 Å². The lowest BCUT2D eigenvalue weighted by atomic mass is 9.98. The highest BCUT2D eigenvalue weighted by Gasteiger charge is 2.55. The number of fused-ring (bicyclic) bond motifs is 1. The molecule has 3 atom stereocenters. The van der Waals surface area contributed by atoms with Gasteiger partial charge < -0.3 is 19.7 Å². The molecule has 29 heavy (non-hydrogen) atoms. The second-order valence-corrected chi connectivity index (χ2v) is 8.09. The molecule has 8 heteroatoms. The van der Waals surface area contributed by atoms with Crippen LogP contribution in [0, 0.1) is 0 Å². The number of benzene rings is 1. The summed E-state index contributed by atoms with van der Waals surface area (Å²) in [7, 11) is 1.61. The molecule has 0 aliphatic carbocycles. The lowest BCUT2D eigenvalue weighted by molar-refractivity contribution is -0.163. The molecule has 0 spiro atoms. The van der Waals surface area contributed by atoms with Crippen molar-refractivity contribution in [2.75, 3.05) is 13.7 Å². The fourth-order valence-corrected chi connectivity index (χ4v) is 4.56. The van der Waals surface area contributed by atoms with Gasteiger partial charge in [0.15, 0.2) is 6.04 Å². The number of esters is 1. The van der Waals surface area contributed by atoms with Gasteiger partial charge >= 0.3 is 5.97 Å². The molecule has 2 aliphatic rings. The van der Waals surface area contributed by atoms with Gasteiger partial charge in [-0.3, -0.25) is 9.59 Å². The quantitative estimate of drug-likeness (QED) is 0.515. The van der Waals surface area contributed by atoms with Gasteiger partial charge in [0.25, 0.3) is 0 Å². The van der Waals surface area contributed by atoms with Crippen molar-refractivity contribution < 1.29 is 23.9 Å². The van der Waals surface area contributed by atoms with Crippen molar-refractivity contribution in [2.24, 2.45) is 0 Å². The second-order valence-electron chi connectivity index (χ2n) is 7.10. The molecule has 3 unspecified atom stereocenters. The third-order valence-electron chi connectivity index (χ3n) is 4.97. The molecular formula is C21H26N2O5S. The molecule has 1 fully saturated rings. The van der Waals surface area contributed by atoms with E-state index in [0.717, 1.165) is 23.3 Å². The van der Waals surface area contributed by atoms with Gasteiger partial charge in [0.2, 0.25) is 11.8 Å². The molecule has 2 heterocycles. The Morgan fingerprint density at radius 2 is 1.97 bits per heavy atom. The molecule has 1 saturated heterocycles. The van der Waals surface area contributed by atoms with Crippen molar-refractivity contribution in [1.82, 2.24) is 10.2 Å². The fraction of sp³-hybridized carbons (Fsp3) is 0.476. The summed E-state index contributed by atoms with van der Waals surface area (Å²) in [4.78, 5) is 38.9. The summed E-state index contributed by atoms with van der Waals surface area (Å²) in [6, 6.07) is 6.22. The summed E-state index contributed by atoms with van der Waals surface area (Å²) in [6.07, 6.45) is 1.58. The van der Waals surface area contributed by atoms with Crippen LogP contribution in [0.1, 0.15) is 32.3 Å². The maximum Gasteiger partial charge on any atom is 0.333 e. The van der Waals surface area contributed by atoms with Crippen LogP contribution in [0.2, 0.25) is 0 Å². The number of methoxy groups -OCH3 is 1. The number of carbonyl (C=O) groups is 3. The van der Waals surface area contributed by atoms with Gasteiger partial charge in [-0.1, -0.05) is 19.1 Å². The van der Waals surface area contributed by atoms with Crippen LogP contribution in [0.4, 0.5) is 0 Å². The SMILES string of the molecule is CCCOC(=O)C1C(C)=CSC2C(NC(=O)CCc3ccc(OC)cc3)C(=O)N12. The molecule has 2 aliphatic heterocycles. The number of hydrogen-bond donors (Lipinski definition) is 1. The first-order valence-corrected chi connectivity index (χ1v) is 10.6. The van der Waals surface area contributed by atoms with Gasteiger partial charge in [-0.2, -0.15) is 0 Å². The summed E-state index contributed by atoms with van der Waals surface area (Å²) in [5, 5.41) is 4.41. The Hall–Kier alpha value is -2.48. The summed E-state index contributed by atoms with van der Waals surface area (Å²) in [6.45, 7) is 4.06. The van der Waals surface area contributed by atoms with Crippen LogP contribution in [0.5, 0.6) is 5.75 Å². The first-order valence-electron chi connectivity index (χ1n) is 9.69. The highest BCUT2D eigenvalue weighted by Crippen LogP contribution is 2.40. The van der Waals surface area contributed by atoms with Gasteiger partial charge in [-0.15, -0.1) is 11.8 Å². The van der Waals surface area contributed by atoms with E-state index in [9.17, 15) is 14.4 Å². The first kappa shape index (κ1) is 21.2. The third kappa shape index (κ3) is 4.58. The third-order valence-corrected chi connectivity index (χ3v) is 6.26. The van der Waals surface area contributed by atoms with E-state index in [1.807, 2.05) is 43.5 Å². The Morgan fingerprint density at radius 1 is 1.24 bits per heavy atom. The Bertz CT molecular complexity index is 808. The summed E-state index contributed by atoms with van der Waals surface area (Å²) < 4.78 is 10.4. The van der Waals surface area contributed by atoms with E-state index in [2.05, 4.69) is 5.32 Å². The number of nitrogens with zero attached hydrogens (tertiary/aromatic N) is 1. The Kier molecular flexibility index (Phi) is 6.84. The number of hydrogen-bond acceptors (Lipinski definition) is 6. The van der Waals surface area contributed by atoms with Crippen molar-refractivity contribution in [1.29, 1.82) is 0 Å². The molecule has 0 bridgehead atoms. The van der Waals surface area contributed by atoms with E-state index in [1.54, 1.807) is 7.11 Å². The van der Waals surface area contributed by atoms with Crippen LogP contribution in [0.15, 0.2) is 35.2 Å². The smallest absolute Gasteiger partial charge is 0.333 e. The van der Waals surface area contributed by atoms with Crippen LogP contribution < -0.4 is 10.1 Å². The molecule has 1 aromatic carbocycles. The van der Waals surface area contributed by atoms with Crippen molar-refractivity contribution in [3.8, 4) is 5.75 Å². The van der Waals surface area contributed by atoms with Crippen molar-refractivity contribution >= 4 is 29.5 Å². The zero-order valence-corrected chi connectivity index (χ0v) is 17.7. The van der Waals surface area contributed by atoms with Crippen LogP contribution in [-0.4, -0.2) is 53.9 Å². The second kappa shape index (κ2) is 9.35. The van der Waals surface area contributed by atoms with E-state index >= 15 is 0 Å². The molecule has 3 rings (SSSR count). The summed E-state index contributed by atoms with van der Waals surface area (Å²) in [5.41, 5.74) is 1.80. The maximum absolute atomic E-state index is 12.7. The molecule has 0 aromatic heterocycles. The zero-order valence-electron chi connectivity index (χ0n) is 16.8. The lowest BCUT2D eigenvalue weighted by Crippen LogP contribution is -2.73. The lowest BCUT2D eigenvalue weighted by Gasteiger charge is -2.51. The number of rotatable bonds is 8. The Morgan fingerprint density at radius 3 is 2.62 bits per heavy atom. The monoisotopic (exact) mass is 418 g/mol. The van der Waals surface area contributed by atoms with Gasteiger partial charge in [-0.25, -0.2) is 4.79 Å². The minimum Gasteiger partial charge on any atom is -0.497 e. The molecule has 2 amide bonds. The molecular weight excluding hydrogens is 392 g/mol. The highest BCUT2D eigenvalue weighted by atomic mass is 32.2. The average Bonchev–Trinajstić information content (AvgIpc) is 2.74. The van der Waals surface area contributed by atoms with Crippen molar-refractivity contribution in [2.45, 2.75) is 50.6 Å². The van der Waals surface area contributed by atoms with Crippen molar-refractivity contribution in [3.63, 3.8) is 0 Å². The van der Waals surface area contributed by atoms with Gasteiger partial charge in [0.05, 0.1) is 13.7 Å². The van der Waals surface area contributed by atoms with E-state index in [4.69, 9.17) is 9.47 Å². The molecule has 156 valence electrons. The van der Waals surface area contributed by atoms with Crippen molar-refractivity contribution in [3.05, 3.63) is 40.8 Å². The summed E-state index contributed by atoms with van der Waals surface area (Å²) >= 11 is 1.45. The van der Waals surface area contributed by atoms with E-state index in [-0.39, 0.29) is 23.6 Å². The zero-order chi connectivity index (χ0) is 21.0. The predicted molar refractivity (Wildman–Crippen MR) is 110 cm³/mol. The molecule has 1 N–H and O–H groups in total. The molecule has 0 saturated carbocycles. The van der Waals surface area contributed by atoms with E-state index in [0.29, 0.717) is 13.0 Å². The summed E-state index contributed by atoms with van der Waals surface area (Å²) in [5.74, 6) is -0.0754. The average molecular weight is 419 g/mol. The number of thioether (sulfide) groups is 1. The van der Waals surface area contributed by atoms with Crippen LogP contribution in [0.25, 0.3) is 0 Å². The number of carbonyl (C=O) groups excluding carboxylic acids is 3. The number of amides is 2. The number of ether oxygens (including phenoxy) is 2. The van der Waals surface area contributed by atoms with Gasteiger partial charge in [0.1, 0.15) is 17.2 Å². The number of nitrogens with one attached hydrogen (secondary N) is 1. The topological polar surface area (TPSA) is 84.9 Å². The molecule has 0 radical (unpaired) electrons.